The van der Waals surface area contributed by atoms with Crippen LogP contribution in [0.15, 0.2) is 4.79 Å². The number of anilines is 3. The molecule has 0 radical (unpaired) electrons. The first-order valence-corrected chi connectivity index (χ1v) is 6.43. The normalized spacial score (nSPS) is 34.9. The fourth-order valence-corrected chi connectivity index (χ4v) is 2.71. The molecular weight excluding hydrogens is 282 g/mol. The zero-order chi connectivity index (χ0) is 15.4. The predicted molar refractivity (Wildman–Crippen MR) is 72.6 cm³/mol. The van der Waals surface area contributed by atoms with E-state index in [0.29, 0.717) is 0 Å². The third kappa shape index (κ3) is 1.95. The Morgan fingerprint density at radius 2 is 2.33 bits per heavy atom. The summed E-state index contributed by atoms with van der Waals surface area (Å²) in [5, 5.41) is 32.5. The number of hydrogen-bond donors (Lipinski definition) is 6. The number of hydrogen-bond acceptors (Lipinski definition) is 9. The number of nitrogens with two attached hydrogens (primary N) is 1. The molecule has 2 aliphatic rings. The SMILES string of the molecule is CC1(O)C(O)[C@@H](CO)O[C@H]1N1CNc2c1nc(N)[nH]c2=O. The fraction of sp³-hybridized carbons (Fsp3) is 0.636. The van der Waals surface area contributed by atoms with Crippen molar-refractivity contribution in [1.82, 2.24) is 9.97 Å². The lowest BCUT2D eigenvalue weighted by Crippen LogP contribution is -2.53. The summed E-state index contributed by atoms with van der Waals surface area (Å²) in [4.78, 5) is 19.7. The zero-order valence-electron chi connectivity index (χ0n) is 11.3. The zero-order valence-corrected chi connectivity index (χ0v) is 11.3. The van der Waals surface area contributed by atoms with E-state index < -0.39 is 36.2 Å². The van der Waals surface area contributed by atoms with E-state index in [-0.39, 0.29) is 24.1 Å². The Morgan fingerprint density at radius 1 is 1.62 bits per heavy atom. The highest BCUT2D eigenvalue weighted by Crippen LogP contribution is 2.38. The lowest BCUT2D eigenvalue weighted by atomic mass is 9.96. The van der Waals surface area contributed by atoms with Gasteiger partial charge in [-0.2, -0.15) is 4.98 Å². The predicted octanol–water partition coefficient (Wildman–Crippen LogP) is -2.63. The van der Waals surface area contributed by atoms with Crippen LogP contribution in [0.3, 0.4) is 0 Å². The van der Waals surface area contributed by atoms with E-state index in [2.05, 4.69) is 15.3 Å². The highest BCUT2D eigenvalue weighted by Gasteiger charge is 2.55. The summed E-state index contributed by atoms with van der Waals surface area (Å²) >= 11 is 0. The first-order chi connectivity index (χ1) is 9.86. The maximum absolute atomic E-state index is 11.8. The van der Waals surface area contributed by atoms with Gasteiger partial charge in [-0.3, -0.25) is 9.78 Å². The van der Waals surface area contributed by atoms with Gasteiger partial charge in [0.1, 0.15) is 23.5 Å². The number of nitrogens with zero attached hydrogens (tertiary/aromatic N) is 2. The van der Waals surface area contributed by atoms with Gasteiger partial charge in [0.15, 0.2) is 12.0 Å². The molecule has 2 unspecified atom stereocenters. The molecule has 10 heteroatoms. The Balaban J connectivity index is 2.00. The molecule has 4 atom stereocenters. The van der Waals surface area contributed by atoms with Crippen LogP contribution in [0.25, 0.3) is 0 Å². The number of nitrogen functional groups attached to an aromatic ring is 1. The van der Waals surface area contributed by atoms with Crippen LogP contribution >= 0.6 is 0 Å². The molecular formula is C11H17N5O5. The fourth-order valence-electron chi connectivity index (χ4n) is 2.71. The summed E-state index contributed by atoms with van der Waals surface area (Å²) in [6.45, 7) is 1.11. The Kier molecular flexibility index (Phi) is 3.06. The summed E-state index contributed by atoms with van der Waals surface area (Å²) in [6, 6.07) is 0. The van der Waals surface area contributed by atoms with Crippen molar-refractivity contribution in [3.63, 3.8) is 0 Å². The van der Waals surface area contributed by atoms with Gasteiger partial charge in [0.05, 0.1) is 13.3 Å². The minimum atomic E-state index is -1.64. The van der Waals surface area contributed by atoms with Crippen LogP contribution in [0, 0.1) is 0 Å². The molecule has 7 N–H and O–H groups in total. The van der Waals surface area contributed by atoms with E-state index in [1.807, 2.05) is 0 Å². The second-order valence-electron chi connectivity index (χ2n) is 5.33. The van der Waals surface area contributed by atoms with Crippen molar-refractivity contribution in [3.8, 4) is 0 Å². The number of rotatable bonds is 2. The van der Waals surface area contributed by atoms with Crippen molar-refractivity contribution >= 4 is 17.5 Å². The van der Waals surface area contributed by atoms with Crippen LogP contribution < -0.4 is 21.5 Å². The number of aliphatic hydroxyl groups excluding tert-OH is 2. The molecule has 0 amide bonds. The number of fused-ring (bicyclic) bond motifs is 1. The van der Waals surface area contributed by atoms with E-state index in [1.54, 1.807) is 0 Å². The van der Waals surface area contributed by atoms with Crippen molar-refractivity contribution in [2.45, 2.75) is 31.0 Å². The maximum atomic E-state index is 11.8. The molecule has 116 valence electrons. The average molecular weight is 299 g/mol. The smallest absolute Gasteiger partial charge is 0.277 e. The Hall–Kier alpha value is -1.88. The van der Waals surface area contributed by atoms with Gasteiger partial charge in [0.25, 0.3) is 5.56 Å². The molecule has 0 saturated carbocycles. The van der Waals surface area contributed by atoms with E-state index in [0.717, 1.165) is 0 Å². The highest BCUT2D eigenvalue weighted by molar-refractivity contribution is 5.71. The van der Waals surface area contributed by atoms with E-state index in [1.165, 1.54) is 11.8 Å². The third-order valence-corrected chi connectivity index (χ3v) is 3.83. The summed E-state index contributed by atoms with van der Waals surface area (Å²) in [5.41, 5.74) is 3.66. The van der Waals surface area contributed by atoms with Crippen molar-refractivity contribution < 1.29 is 20.1 Å². The molecule has 1 saturated heterocycles. The van der Waals surface area contributed by atoms with Crippen LogP contribution in [-0.4, -0.2) is 62.6 Å². The van der Waals surface area contributed by atoms with Gasteiger partial charge in [-0.1, -0.05) is 0 Å². The van der Waals surface area contributed by atoms with Crippen molar-refractivity contribution in [1.29, 1.82) is 0 Å². The molecule has 21 heavy (non-hydrogen) atoms. The molecule has 0 bridgehead atoms. The monoisotopic (exact) mass is 299 g/mol. The second-order valence-corrected chi connectivity index (χ2v) is 5.33. The van der Waals surface area contributed by atoms with Crippen molar-refractivity contribution in [3.05, 3.63) is 10.4 Å². The molecule has 3 rings (SSSR count). The van der Waals surface area contributed by atoms with Gasteiger partial charge in [-0.15, -0.1) is 0 Å². The van der Waals surface area contributed by atoms with Crippen LogP contribution in [0.4, 0.5) is 17.5 Å². The van der Waals surface area contributed by atoms with Gasteiger partial charge in [0, 0.05) is 0 Å². The summed E-state index contributed by atoms with van der Waals surface area (Å²) in [5.74, 6) is 0.164. The van der Waals surface area contributed by atoms with Crippen LogP contribution in [0.2, 0.25) is 0 Å². The van der Waals surface area contributed by atoms with Crippen molar-refractivity contribution in [2.75, 3.05) is 29.2 Å². The second kappa shape index (κ2) is 4.56. The number of H-pyrrole nitrogens is 1. The number of nitrogens with one attached hydrogen (secondary N) is 2. The average Bonchev–Trinajstić information content (AvgIpc) is 2.91. The first kappa shape index (κ1) is 14.1. The molecule has 1 aromatic heterocycles. The minimum absolute atomic E-state index is 0.0654. The van der Waals surface area contributed by atoms with Gasteiger partial charge >= 0.3 is 0 Å². The number of aromatic nitrogens is 2. The molecule has 0 aromatic carbocycles. The summed E-state index contributed by atoms with van der Waals surface area (Å²) in [7, 11) is 0. The molecule has 1 fully saturated rings. The first-order valence-electron chi connectivity index (χ1n) is 6.43. The van der Waals surface area contributed by atoms with Crippen molar-refractivity contribution in [2.24, 2.45) is 0 Å². The van der Waals surface area contributed by atoms with E-state index in [9.17, 15) is 20.1 Å². The summed E-state index contributed by atoms with van der Waals surface area (Å²) < 4.78 is 5.50. The Labute approximate surface area is 119 Å². The lowest BCUT2D eigenvalue weighted by molar-refractivity contribution is -0.0629. The van der Waals surface area contributed by atoms with E-state index >= 15 is 0 Å². The number of aliphatic hydroxyl groups is 3. The van der Waals surface area contributed by atoms with Crippen LogP contribution in [0.5, 0.6) is 0 Å². The Morgan fingerprint density at radius 3 is 2.95 bits per heavy atom. The van der Waals surface area contributed by atoms with Gasteiger partial charge < -0.3 is 36.0 Å². The highest BCUT2D eigenvalue weighted by atomic mass is 16.6. The molecule has 0 aliphatic carbocycles. The standard InChI is InChI=1S/C11H17N5O5/c1-11(20)6(18)4(2-17)21-9(11)16-3-13-5-7(16)14-10(12)15-8(5)19/h4,6,9,13,17-18,20H,2-3H2,1H3,(H3,12,14,15,19)/t4-,6?,9-,11?/m1/s1. The van der Waals surface area contributed by atoms with Gasteiger partial charge in [-0.05, 0) is 6.92 Å². The minimum Gasteiger partial charge on any atom is -0.394 e. The Bertz CT molecular complexity index is 618. The third-order valence-electron chi connectivity index (χ3n) is 3.83. The van der Waals surface area contributed by atoms with Crippen LogP contribution in [0.1, 0.15) is 6.92 Å². The van der Waals surface area contributed by atoms with E-state index in [4.69, 9.17) is 10.5 Å². The largest absolute Gasteiger partial charge is 0.394 e. The molecule has 10 nitrogen and oxygen atoms in total. The lowest BCUT2D eigenvalue weighted by Gasteiger charge is -2.33. The molecule has 3 heterocycles. The molecule has 2 aliphatic heterocycles. The van der Waals surface area contributed by atoms with Gasteiger partial charge in [-0.25, -0.2) is 0 Å². The topological polar surface area (TPSA) is 157 Å². The number of ether oxygens (including phenoxy) is 1. The van der Waals surface area contributed by atoms with Crippen LogP contribution in [-0.2, 0) is 4.74 Å². The van der Waals surface area contributed by atoms with Gasteiger partial charge in [0.2, 0.25) is 5.95 Å². The maximum Gasteiger partial charge on any atom is 0.277 e. The number of aromatic amines is 1. The molecule has 0 spiro atoms. The summed E-state index contributed by atoms with van der Waals surface area (Å²) in [6.07, 6.45) is -3.17. The molecule has 1 aromatic rings. The quantitative estimate of drug-likeness (QED) is 0.343.